The molecule has 0 saturated carbocycles. The largest absolute Gasteiger partial charge is 0.497 e. The number of carbonyl (C=O) groups is 1. The van der Waals surface area contributed by atoms with Crippen LogP contribution in [0.25, 0.3) is 22.4 Å². The predicted octanol–water partition coefficient (Wildman–Crippen LogP) is 4.83. The lowest BCUT2D eigenvalue weighted by molar-refractivity contribution is 0.0998. The first-order valence-corrected chi connectivity index (χ1v) is 9.12. The van der Waals surface area contributed by atoms with E-state index in [4.69, 9.17) is 9.15 Å². The normalized spacial score (nSPS) is 10.9. The molecule has 7 heteroatoms. The molecule has 27 heavy (non-hydrogen) atoms. The van der Waals surface area contributed by atoms with Gasteiger partial charge in [-0.2, -0.15) is 9.36 Å². The highest BCUT2D eigenvalue weighted by atomic mass is 32.1. The zero-order valence-corrected chi connectivity index (χ0v) is 15.9. The molecule has 2 aromatic carbocycles. The Morgan fingerprint density at radius 3 is 2.67 bits per heavy atom. The fourth-order valence-corrected chi connectivity index (χ4v) is 3.42. The molecule has 1 amide bonds. The highest BCUT2D eigenvalue weighted by molar-refractivity contribution is 7.10. The molecule has 0 saturated heterocycles. The van der Waals surface area contributed by atoms with Crippen LogP contribution in [0, 0.1) is 13.8 Å². The summed E-state index contributed by atoms with van der Waals surface area (Å²) in [6.07, 6.45) is 0. The molecule has 6 nitrogen and oxygen atoms in total. The molecule has 2 aromatic heterocycles. The summed E-state index contributed by atoms with van der Waals surface area (Å²) in [5, 5.41) is 4.13. The van der Waals surface area contributed by atoms with Gasteiger partial charge in [-0.3, -0.25) is 10.1 Å². The monoisotopic (exact) mass is 379 g/mol. The summed E-state index contributed by atoms with van der Waals surface area (Å²) in [6, 6.07) is 13.3. The van der Waals surface area contributed by atoms with Crippen LogP contribution >= 0.6 is 11.5 Å². The van der Waals surface area contributed by atoms with E-state index in [0.29, 0.717) is 16.5 Å². The van der Waals surface area contributed by atoms with Crippen LogP contribution in [0.3, 0.4) is 0 Å². The van der Waals surface area contributed by atoms with Crippen molar-refractivity contribution in [2.45, 2.75) is 13.8 Å². The van der Waals surface area contributed by atoms with Gasteiger partial charge in [0.2, 0.25) is 5.13 Å². The van der Waals surface area contributed by atoms with Gasteiger partial charge in [0.25, 0.3) is 5.91 Å². The van der Waals surface area contributed by atoms with E-state index in [2.05, 4.69) is 14.7 Å². The van der Waals surface area contributed by atoms with Crippen molar-refractivity contribution in [3.63, 3.8) is 0 Å². The lowest BCUT2D eigenvalue weighted by Crippen LogP contribution is -2.11. The lowest BCUT2D eigenvalue weighted by atomic mass is 10.1. The first-order chi connectivity index (χ1) is 13.0. The van der Waals surface area contributed by atoms with Gasteiger partial charge in [0.1, 0.15) is 11.3 Å². The number of aryl methyl sites for hydroxylation is 2. The Labute approximate surface area is 160 Å². The molecular formula is C20H17N3O3S. The van der Waals surface area contributed by atoms with E-state index in [0.717, 1.165) is 39.4 Å². The molecule has 0 aliphatic heterocycles. The van der Waals surface area contributed by atoms with Crippen molar-refractivity contribution in [1.82, 2.24) is 9.36 Å². The van der Waals surface area contributed by atoms with E-state index in [1.807, 2.05) is 56.3 Å². The van der Waals surface area contributed by atoms with Gasteiger partial charge < -0.3 is 9.15 Å². The molecule has 0 radical (unpaired) electrons. The summed E-state index contributed by atoms with van der Waals surface area (Å²) in [7, 11) is 1.62. The maximum absolute atomic E-state index is 12.6. The third kappa shape index (κ3) is 3.29. The minimum Gasteiger partial charge on any atom is -0.497 e. The zero-order chi connectivity index (χ0) is 19.0. The maximum atomic E-state index is 12.6. The molecular weight excluding hydrogens is 362 g/mol. The van der Waals surface area contributed by atoms with Gasteiger partial charge in [-0.05, 0) is 49.7 Å². The zero-order valence-electron chi connectivity index (χ0n) is 15.1. The third-order valence-electron chi connectivity index (χ3n) is 4.29. The summed E-state index contributed by atoms with van der Waals surface area (Å²) < 4.78 is 15.2. The molecule has 1 N–H and O–H groups in total. The van der Waals surface area contributed by atoms with E-state index in [1.165, 1.54) is 0 Å². The number of amides is 1. The molecule has 0 fully saturated rings. The van der Waals surface area contributed by atoms with E-state index < -0.39 is 0 Å². The number of furan rings is 1. The minimum absolute atomic E-state index is 0.289. The van der Waals surface area contributed by atoms with Gasteiger partial charge in [-0.15, -0.1) is 0 Å². The average molecular weight is 379 g/mol. The van der Waals surface area contributed by atoms with E-state index >= 15 is 0 Å². The second-order valence-electron chi connectivity index (χ2n) is 6.16. The Morgan fingerprint density at radius 2 is 1.93 bits per heavy atom. The number of fused-ring (bicyclic) bond motifs is 1. The molecule has 0 bridgehead atoms. The van der Waals surface area contributed by atoms with Gasteiger partial charge in [0, 0.05) is 28.0 Å². The summed E-state index contributed by atoms with van der Waals surface area (Å²) in [5.74, 6) is 1.27. The van der Waals surface area contributed by atoms with Crippen LogP contribution in [-0.2, 0) is 0 Å². The smallest absolute Gasteiger partial charge is 0.293 e. The number of methoxy groups -OCH3 is 1. The van der Waals surface area contributed by atoms with Crippen LogP contribution in [0.15, 0.2) is 46.9 Å². The highest BCUT2D eigenvalue weighted by Gasteiger charge is 2.19. The quantitative estimate of drug-likeness (QED) is 0.549. The molecule has 0 unspecified atom stereocenters. The molecule has 0 atom stereocenters. The summed E-state index contributed by atoms with van der Waals surface area (Å²) in [4.78, 5) is 17.0. The number of nitrogens with one attached hydrogen (secondary N) is 1. The number of nitrogens with zero attached hydrogens (tertiary/aromatic N) is 2. The fourth-order valence-electron chi connectivity index (χ4n) is 2.83. The second-order valence-corrected chi connectivity index (χ2v) is 6.91. The van der Waals surface area contributed by atoms with E-state index in [-0.39, 0.29) is 11.7 Å². The number of anilines is 1. The fraction of sp³-hybridized carbons (Fsp3) is 0.150. The highest BCUT2D eigenvalue weighted by Crippen LogP contribution is 2.28. The summed E-state index contributed by atoms with van der Waals surface area (Å²) >= 11 is 1.13. The van der Waals surface area contributed by atoms with Crippen molar-refractivity contribution in [1.29, 1.82) is 0 Å². The SMILES string of the molecule is COc1ccc(-c2nsc(NC(=O)c3oc4cc(C)ccc4c3C)n2)cc1. The number of hydrogen-bond donors (Lipinski definition) is 1. The Bertz CT molecular complexity index is 1130. The van der Waals surface area contributed by atoms with Gasteiger partial charge in [-0.25, -0.2) is 0 Å². The Morgan fingerprint density at radius 1 is 1.15 bits per heavy atom. The van der Waals surface area contributed by atoms with Crippen molar-refractivity contribution in [3.05, 3.63) is 59.4 Å². The van der Waals surface area contributed by atoms with Crippen molar-refractivity contribution in [2.24, 2.45) is 0 Å². The molecule has 0 aliphatic rings. The second kappa shape index (κ2) is 6.85. The van der Waals surface area contributed by atoms with Gasteiger partial charge in [0.05, 0.1) is 7.11 Å². The number of hydrogen-bond acceptors (Lipinski definition) is 6. The van der Waals surface area contributed by atoms with E-state index in [9.17, 15) is 4.79 Å². The first kappa shape index (κ1) is 17.2. The van der Waals surface area contributed by atoms with Crippen LogP contribution < -0.4 is 10.1 Å². The van der Waals surface area contributed by atoms with Crippen molar-refractivity contribution in [3.8, 4) is 17.1 Å². The Balaban J connectivity index is 1.56. The summed E-state index contributed by atoms with van der Waals surface area (Å²) in [5.41, 5.74) is 3.44. The van der Waals surface area contributed by atoms with Gasteiger partial charge in [-0.1, -0.05) is 12.1 Å². The minimum atomic E-state index is -0.334. The number of ether oxygens (including phenoxy) is 1. The van der Waals surface area contributed by atoms with Crippen LogP contribution in [-0.4, -0.2) is 22.4 Å². The molecule has 4 rings (SSSR count). The van der Waals surface area contributed by atoms with E-state index in [1.54, 1.807) is 7.11 Å². The topological polar surface area (TPSA) is 77.2 Å². The summed E-state index contributed by atoms with van der Waals surface area (Å²) in [6.45, 7) is 3.86. The van der Waals surface area contributed by atoms with Crippen molar-refractivity contribution in [2.75, 3.05) is 12.4 Å². The third-order valence-corrected chi connectivity index (χ3v) is 4.93. The average Bonchev–Trinajstić information content (AvgIpc) is 3.26. The van der Waals surface area contributed by atoms with Crippen LogP contribution in [0.5, 0.6) is 5.75 Å². The van der Waals surface area contributed by atoms with Crippen LogP contribution in [0.2, 0.25) is 0 Å². The number of aromatic nitrogens is 2. The van der Waals surface area contributed by atoms with Crippen LogP contribution in [0.4, 0.5) is 5.13 Å². The van der Waals surface area contributed by atoms with Gasteiger partial charge in [0.15, 0.2) is 11.6 Å². The van der Waals surface area contributed by atoms with Gasteiger partial charge >= 0.3 is 0 Å². The Kier molecular flexibility index (Phi) is 4.37. The lowest BCUT2D eigenvalue weighted by Gasteiger charge is -2.00. The van der Waals surface area contributed by atoms with Crippen molar-refractivity contribution < 1.29 is 13.9 Å². The Hall–Kier alpha value is -3.19. The molecule has 0 aliphatic carbocycles. The first-order valence-electron chi connectivity index (χ1n) is 8.34. The van der Waals surface area contributed by atoms with Crippen molar-refractivity contribution >= 4 is 33.5 Å². The molecule has 0 spiro atoms. The van der Waals surface area contributed by atoms with Crippen LogP contribution in [0.1, 0.15) is 21.7 Å². The standard InChI is InChI=1S/C20H17N3O3S/c1-11-4-9-15-12(2)17(26-16(15)10-11)19(24)22-20-21-18(23-27-20)13-5-7-14(25-3)8-6-13/h4-10H,1-3H3,(H,21,22,23,24). The molecule has 4 aromatic rings. The molecule has 2 heterocycles. The number of benzene rings is 2. The maximum Gasteiger partial charge on any atom is 0.293 e. The number of carbonyl (C=O) groups excluding carboxylic acids is 1. The predicted molar refractivity (Wildman–Crippen MR) is 106 cm³/mol. The number of rotatable bonds is 4. The molecule has 136 valence electrons.